The smallest absolute Gasteiger partial charge is 0.118 e. The zero-order valence-corrected chi connectivity index (χ0v) is 16.4. The molecule has 6 heteroatoms. The highest BCUT2D eigenvalue weighted by Gasteiger charge is 2.23. The molecule has 0 bridgehead atoms. The van der Waals surface area contributed by atoms with Crippen molar-refractivity contribution in [2.24, 2.45) is 7.05 Å². The Morgan fingerprint density at radius 1 is 1.07 bits per heavy atom. The van der Waals surface area contributed by atoms with Crippen LogP contribution in [0.2, 0.25) is 0 Å². The normalized spacial score (nSPS) is 17.6. The Bertz CT molecular complexity index is 890. The van der Waals surface area contributed by atoms with Crippen LogP contribution < -0.4 is 4.74 Å². The lowest BCUT2D eigenvalue weighted by Gasteiger charge is -2.32. The zero-order valence-electron chi connectivity index (χ0n) is 16.4. The molecule has 6 nitrogen and oxygen atoms in total. The molecule has 1 aliphatic heterocycles. The first-order valence-electron chi connectivity index (χ1n) is 9.59. The molecule has 3 heterocycles. The predicted molar refractivity (Wildman–Crippen MR) is 107 cm³/mol. The Morgan fingerprint density at radius 3 is 2.57 bits per heavy atom. The van der Waals surface area contributed by atoms with Gasteiger partial charge >= 0.3 is 0 Å². The Hall–Kier alpha value is -2.70. The summed E-state index contributed by atoms with van der Waals surface area (Å²) in [5.41, 5.74) is 4.66. The molecule has 1 aliphatic rings. The lowest BCUT2D eigenvalue weighted by Crippen LogP contribution is -2.38. The first-order chi connectivity index (χ1) is 13.7. The van der Waals surface area contributed by atoms with Crippen molar-refractivity contribution in [1.29, 1.82) is 0 Å². The summed E-state index contributed by atoms with van der Waals surface area (Å²) in [7, 11) is 3.63. The van der Waals surface area contributed by atoms with E-state index >= 15 is 0 Å². The van der Waals surface area contributed by atoms with E-state index in [4.69, 9.17) is 9.47 Å². The largest absolute Gasteiger partial charge is 0.497 e. The van der Waals surface area contributed by atoms with Gasteiger partial charge in [-0.1, -0.05) is 18.2 Å². The van der Waals surface area contributed by atoms with Crippen LogP contribution in [0.1, 0.15) is 28.5 Å². The molecule has 1 saturated heterocycles. The predicted octanol–water partition coefficient (Wildman–Crippen LogP) is 2.99. The maximum Gasteiger partial charge on any atom is 0.118 e. The van der Waals surface area contributed by atoms with E-state index in [2.05, 4.69) is 45.4 Å². The van der Waals surface area contributed by atoms with Crippen LogP contribution in [0, 0.1) is 0 Å². The minimum Gasteiger partial charge on any atom is -0.497 e. The lowest BCUT2D eigenvalue weighted by molar-refractivity contribution is -0.0350. The number of methoxy groups -OCH3 is 1. The molecule has 4 rings (SSSR count). The van der Waals surface area contributed by atoms with E-state index in [1.54, 1.807) is 7.11 Å². The van der Waals surface area contributed by atoms with E-state index in [0.29, 0.717) is 0 Å². The Kier molecular flexibility index (Phi) is 5.69. The van der Waals surface area contributed by atoms with Gasteiger partial charge in [0.15, 0.2) is 0 Å². The fourth-order valence-corrected chi connectivity index (χ4v) is 3.55. The standard InChI is InChI=1S/C22H26N4O2/c1-25-14-19(13-24-25)15-26-9-10-28-22(16-26)21-8-5-18(12-23-21)11-17-3-6-20(27-2)7-4-17/h3-8,12-14,22H,9-11,15-16H2,1-2H3/t22-/m1/s1. The van der Waals surface area contributed by atoms with Gasteiger partial charge in [-0.3, -0.25) is 14.6 Å². The lowest BCUT2D eigenvalue weighted by atomic mass is 10.1. The molecule has 0 saturated carbocycles. The molecule has 0 unspecified atom stereocenters. The maximum atomic E-state index is 5.98. The summed E-state index contributed by atoms with van der Waals surface area (Å²) in [6.45, 7) is 3.39. The number of ether oxygens (including phenoxy) is 2. The number of hydrogen-bond acceptors (Lipinski definition) is 5. The van der Waals surface area contributed by atoms with Crippen molar-refractivity contribution in [2.75, 3.05) is 26.8 Å². The molecule has 0 amide bonds. The number of morpholine rings is 1. The van der Waals surface area contributed by atoms with Crippen LogP contribution in [-0.2, 0) is 24.8 Å². The quantitative estimate of drug-likeness (QED) is 0.660. The van der Waals surface area contributed by atoms with Crippen LogP contribution in [0.25, 0.3) is 0 Å². The van der Waals surface area contributed by atoms with Crippen LogP contribution in [0.15, 0.2) is 55.0 Å². The molecule has 2 aromatic heterocycles. The van der Waals surface area contributed by atoms with Crippen LogP contribution in [0.3, 0.4) is 0 Å². The fraction of sp³-hybridized carbons (Fsp3) is 0.364. The van der Waals surface area contributed by atoms with Gasteiger partial charge in [-0.2, -0.15) is 5.10 Å². The minimum atomic E-state index is 0.0143. The van der Waals surface area contributed by atoms with Gasteiger partial charge in [0.05, 0.1) is 25.6 Å². The first-order valence-corrected chi connectivity index (χ1v) is 9.59. The molecule has 28 heavy (non-hydrogen) atoms. The number of rotatable bonds is 6. The molecule has 146 valence electrons. The third-order valence-corrected chi connectivity index (χ3v) is 5.06. The SMILES string of the molecule is COc1ccc(Cc2ccc([C@H]3CN(Cc4cnn(C)c4)CCO3)nc2)cc1. The monoisotopic (exact) mass is 378 g/mol. The maximum absolute atomic E-state index is 5.98. The van der Waals surface area contributed by atoms with E-state index in [1.165, 1.54) is 16.7 Å². The molecule has 1 aromatic carbocycles. The van der Waals surface area contributed by atoms with Crippen molar-refractivity contribution < 1.29 is 9.47 Å². The number of nitrogens with zero attached hydrogens (tertiary/aromatic N) is 4. The summed E-state index contributed by atoms with van der Waals surface area (Å²) in [4.78, 5) is 7.09. The molecule has 0 aliphatic carbocycles. The van der Waals surface area contributed by atoms with Gasteiger partial charge in [0.2, 0.25) is 0 Å². The van der Waals surface area contributed by atoms with E-state index < -0.39 is 0 Å². The Balaban J connectivity index is 1.37. The minimum absolute atomic E-state index is 0.0143. The summed E-state index contributed by atoms with van der Waals surface area (Å²) in [6, 6.07) is 12.4. The number of benzene rings is 1. The van der Waals surface area contributed by atoms with Crippen LogP contribution in [-0.4, -0.2) is 46.5 Å². The summed E-state index contributed by atoms with van der Waals surface area (Å²) in [5.74, 6) is 0.877. The third kappa shape index (κ3) is 4.58. The van der Waals surface area contributed by atoms with Crippen molar-refractivity contribution in [3.8, 4) is 5.75 Å². The van der Waals surface area contributed by atoms with Crippen LogP contribution >= 0.6 is 0 Å². The highest BCUT2D eigenvalue weighted by molar-refractivity contribution is 5.31. The van der Waals surface area contributed by atoms with Gasteiger partial charge in [0.1, 0.15) is 11.9 Å². The van der Waals surface area contributed by atoms with E-state index in [9.17, 15) is 0 Å². The second-order valence-corrected chi connectivity index (χ2v) is 7.23. The van der Waals surface area contributed by atoms with E-state index in [0.717, 1.165) is 44.1 Å². The van der Waals surface area contributed by atoms with Gasteiger partial charge in [-0.25, -0.2) is 0 Å². The highest BCUT2D eigenvalue weighted by atomic mass is 16.5. The van der Waals surface area contributed by atoms with E-state index in [1.807, 2.05) is 36.3 Å². The number of hydrogen-bond donors (Lipinski definition) is 0. The Morgan fingerprint density at radius 2 is 1.89 bits per heavy atom. The van der Waals surface area contributed by atoms with Crippen molar-refractivity contribution in [3.63, 3.8) is 0 Å². The van der Waals surface area contributed by atoms with Gasteiger partial charge in [0.25, 0.3) is 0 Å². The number of pyridine rings is 1. The van der Waals surface area contributed by atoms with Gasteiger partial charge in [-0.15, -0.1) is 0 Å². The van der Waals surface area contributed by atoms with Crippen molar-refractivity contribution in [3.05, 3.63) is 77.4 Å². The summed E-state index contributed by atoms with van der Waals surface area (Å²) in [5, 5.41) is 4.25. The Labute approximate surface area is 165 Å². The molecule has 0 N–H and O–H groups in total. The topological polar surface area (TPSA) is 52.4 Å². The molecular formula is C22H26N4O2. The number of aryl methyl sites for hydroxylation is 1. The molecule has 1 fully saturated rings. The second-order valence-electron chi connectivity index (χ2n) is 7.23. The van der Waals surface area contributed by atoms with Crippen LogP contribution in [0.4, 0.5) is 0 Å². The highest BCUT2D eigenvalue weighted by Crippen LogP contribution is 2.22. The zero-order chi connectivity index (χ0) is 19.3. The molecular weight excluding hydrogens is 352 g/mol. The number of aromatic nitrogens is 3. The van der Waals surface area contributed by atoms with Gasteiger partial charge < -0.3 is 9.47 Å². The van der Waals surface area contributed by atoms with Crippen molar-refractivity contribution in [2.45, 2.75) is 19.1 Å². The van der Waals surface area contributed by atoms with E-state index in [-0.39, 0.29) is 6.10 Å². The summed E-state index contributed by atoms with van der Waals surface area (Å²) >= 11 is 0. The average Bonchev–Trinajstić information content (AvgIpc) is 3.14. The van der Waals surface area contributed by atoms with Gasteiger partial charge in [0, 0.05) is 44.6 Å². The van der Waals surface area contributed by atoms with Crippen molar-refractivity contribution in [1.82, 2.24) is 19.7 Å². The summed E-state index contributed by atoms with van der Waals surface area (Å²) in [6.07, 6.45) is 6.83. The second kappa shape index (κ2) is 8.54. The fourth-order valence-electron chi connectivity index (χ4n) is 3.55. The molecule has 0 radical (unpaired) electrons. The third-order valence-electron chi connectivity index (χ3n) is 5.06. The van der Waals surface area contributed by atoms with Gasteiger partial charge in [-0.05, 0) is 35.7 Å². The van der Waals surface area contributed by atoms with Crippen LogP contribution in [0.5, 0.6) is 5.75 Å². The molecule has 1 atom stereocenters. The van der Waals surface area contributed by atoms with Crippen molar-refractivity contribution >= 4 is 0 Å². The molecule has 0 spiro atoms. The first kappa shape index (κ1) is 18.7. The summed E-state index contributed by atoms with van der Waals surface area (Å²) < 4.78 is 13.0. The average molecular weight is 378 g/mol. The molecule has 3 aromatic rings.